The highest BCUT2D eigenvalue weighted by Gasteiger charge is 2.51. The smallest absolute Gasteiger partial charge is 0.252 e. The van der Waals surface area contributed by atoms with Crippen molar-refractivity contribution in [3.05, 3.63) is 338 Å². The van der Waals surface area contributed by atoms with Gasteiger partial charge in [0.25, 0.3) is 13.4 Å². The van der Waals surface area contributed by atoms with E-state index in [0.29, 0.717) is 0 Å². The van der Waals surface area contributed by atoms with Crippen LogP contribution in [0.1, 0.15) is 79.0 Å². The van der Waals surface area contributed by atoms with Gasteiger partial charge in [-0.25, -0.2) is 0 Å². The zero-order chi connectivity index (χ0) is 74.2. The van der Waals surface area contributed by atoms with Crippen molar-refractivity contribution in [2.24, 2.45) is 0 Å². The van der Waals surface area contributed by atoms with Gasteiger partial charge in [-0.15, -0.1) is 0 Å². The number of nitrogens with zero attached hydrogens (tertiary/aromatic N) is 4. The van der Waals surface area contributed by atoms with Crippen molar-refractivity contribution in [3.63, 3.8) is 0 Å². The summed E-state index contributed by atoms with van der Waals surface area (Å²) in [6.45, 7) is 20.2. The summed E-state index contributed by atoms with van der Waals surface area (Å²) in [6, 6.07) is 121. The van der Waals surface area contributed by atoms with E-state index in [1.54, 1.807) is 0 Å². The maximum Gasteiger partial charge on any atom is 0.252 e. The van der Waals surface area contributed by atoms with Crippen LogP contribution in [0, 0.1) is 0 Å². The Morgan fingerprint density at radius 2 is 0.636 bits per heavy atom. The van der Waals surface area contributed by atoms with Crippen LogP contribution in [0.5, 0.6) is 0 Å². The number of fused-ring (bicyclic) bond motifs is 16. The molecule has 0 radical (unpaired) electrons. The molecule has 8 heteroatoms. The first-order chi connectivity index (χ1) is 53.5. The van der Waals surface area contributed by atoms with Crippen LogP contribution < -0.4 is 52.4 Å². The van der Waals surface area contributed by atoms with E-state index in [1.807, 2.05) is 0 Å². The first-order valence-corrected chi connectivity index (χ1v) is 38.8. The van der Waals surface area contributed by atoms with Crippen LogP contribution in [0.3, 0.4) is 0 Å². The van der Waals surface area contributed by atoms with E-state index in [2.05, 4.69) is 403 Å². The van der Waals surface area contributed by atoms with E-state index < -0.39 is 0 Å². The summed E-state index contributed by atoms with van der Waals surface area (Å²) < 4.78 is 14.9. The van der Waals surface area contributed by atoms with Crippen molar-refractivity contribution in [1.82, 2.24) is 0 Å². The highest BCUT2D eigenvalue weighted by Crippen LogP contribution is 2.57. The molecule has 0 spiro atoms. The van der Waals surface area contributed by atoms with Gasteiger partial charge in [0.15, 0.2) is 0 Å². The summed E-state index contributed by atoms with van der Waals surface area (Å²) in [6.07, 6.45) is 0. The number of hydrogen-bond donors (Lipinski definition) is 0. The average molecular weight is 1420 g/mol. The Morgan fingerprint density at radius 1 is 0.236 bits per heavy atom. The molecule has 17 aromatic rings. The molecule has 0 bridgehead atoms. The molecule has 4 aliphatic rings. The van der Waals surface area contributed by atoms with Gasteiger partial charge < -0.3 is 28.4 Å². The van der Waals surface area contributed by atoms with Crippen LogP contribution in [-0.4, -0.2) is 13.4 Å². The van der Waals surface area contributed by atoms with Crippen LogP contribution in [0.4, 0.5) is 68.2 Å². The maximum absolute atomic E-state index is 7.56. The van der Waals surface area contributed by atoms with Crippen LogP contribution in [-0.2, 0) is 16.2 Å². The van der Waals surface area contributed by atoms with Gasteiger partial charge in [-0.2, -0.15) is 0 Å². The predicted octanol–water partition coefficient (Wildman–Crippen LogP) is 24.2. The number of furan rings is 2. The van der Waals surface area contributed by atoms with Crippen molar-refractivity contribution in [2.45, 2.75) is 78.6 Å². The minimum Gasteiger partial charge on any atom is -0.456 e. The Morgan fingerprint density at radius 3 is 1.15 bits per heavy atom. The fourth-order valence-corrected chi connectivity index (χ4v) is 18.6. The summed E-state index contributed by atoms with van der Waals surface area (Å²) >= 11 is 0. The topological polar surface area (TPSA) is 39.2 Å². The van der Waals surface area contributed by atoms with Crippen molar-refractivity contribution in [3.8, 4) is 44.5 Å². The van der Waals surface area contributed by atoms with Crippen LogP contribution in [0.25, 0.3) is 88.4 Å². The lowest BCUT2D eigenvalue weighted by Gasteiger charge is -2.48. The summed E-state index contributed by atoms with van der Waals surface area (Å²) in [4.78, 5) is 10.4. The number of rotatable bonds is 8. The van der Waals surface area contributed by atoms with E-state index in [-0.39, 0.29) is 29.7 Å². The molecule has 0 N–H and O–H groups in total. The second-order valence-corrected chi connectivity index (χ2v) is 33.5. The highest BCUT2D eigenvalue weighted by molar-refractivity contribution is 7.03. The second-order valence-electron chi connectivity index (χ2n) is 33.5. The standard InChI is InChI=1S/C102H80B2N4O2/c1-100(2,3)68-51-44-64(45-52-68)73-34-19-23-40-82(73)107-85-60-86-81(59-80(85)103-78-38-21-24-41-83(78)105(71-30-15-11-16-31-71)98-93-76-35-20-26-43-89(76)109-91(93)61-87(107)95(98)103)104-79-39-22-25-42-84(79)106(72-32-17-12-18-33-72)99-94-77-58-67(63-28-13-10-14-29-63)50-57-90(77)110-92(94)62-88(96(99)104)108(86)97-74(65-46-53-69(54-47-65)101(4,5)6)36-27-37-75(97)66-48-55-70(56-49-66)102(7,8)9/h10-62H,1-9H3. The highest BCUT2D eigenvalue weighted by atomic mass is 16.3. The largest absolute Gasteiger partial charge is 0.456 e. The normalized spacial score (nSPS) is 13.6. The Labute approximate surface area is 643 Å². The molecular formula is C102H80B2N4O2. The van der Waals surface area contributed by atoms with Gasteiger partial charge in [-0.1, -0.05) is 305 Å². The van der Waals surface area contributed by atoms with Gasteiger partial charge in [0.1, 0.15) is 22.3 Å². The zero-order valence-corrected chi connectivity index (χ0v) is 63.4. The third-order valence-corrected chi connectivity index (χ3v) is 23.9. The van der Waals surface area contributed by atoms with Gasteiger partial charge in [-0.3, -0.25) is 0 Å². The molecule has 6 nitrogen and oxygen atoms in total. The minimum absolute atomic E-state index is 0.0454. The predicted molar refractivity (Wildman–Crippen MR) is 467 cm³/mol. The van der Waals surface area contributed by atoms with Gasteiger partial charge in [0.05, 0.1) is 33.5 Å². The monoisotopic (exact) mass is 1410 g/mol. The molecule has 21 rings (SSSR count). The average Bonchev–Trinajstić information content (AvgIpc) is 1.06. The van der Waals surface area contributed by atoms with Crippen molar-refractivity contribution in [2.75, 3.05) is 19.6 Å². The Kier molecular flexibility index (Phi) is 14.5. The molecule has 2 aromatic heterocycles. The molecule has 0 amide bonds. The molecule has 110 heavy (non-hydrogen) atoms. The molecule has 0 aliphatic carbocycles. The Balaban J connectivity index is 0.952. The molecule has 0 fully saturated rings. The SMILES string of the molecule is CC(C)(C)c1ccc(-c2ccccc2N2c3cc4c(cc3B3c5ccccc5N(c5ccccc5)c5c3c2cc2oc3ccccc3c52)B2c3ccccc3N(c3ccccc3)c3c2c(cc2oc5ccc(-c6ccccc6)cc5c32)N4c2c(-c3ccc(C(C)(C)C)cc3)cccc2-c2ccc(C(C)(C)C)cc2)cc1. The quantitative estimate of drug-likeness (QED) is 0.141. The van der Waals surface area contributed by atoms with Gasteiger partial charge in [0.2, 0.25) is 0 Å². The number of hydrogen-bond acceptors (Lipinski definition) is 6. The summed E-state index contributed by atoms with van der Waals surface area (Å²) in [5, 5.41) is 4.30. The van der Waals surface area contributed by atoms with Crippen LogP contribution in [0.2, 0.25) is 0 Å². The number of anilines is 12. The lowest BCUT2D eigenvalue weighted by molar-refractivity contribution is 0.590. The second kappa shape index (κ2) is 24.4. The zero-order valence-electron chi connectivity index (χ0n) is 63.4. The van der Waals surface area contributed by atoms with Gasteiger partial charge in [-0.05, 0) is 160 Å². The fraction of sp³-hybridized carbons (Fsp3) is 0.118. The number of benzene rings is 15. The van der Waals surface area contributed by atoms with E-state index in [4.69, 9.17) is 8.83 Å². The van der Waals surface area contributed by atoms with E-state index >= 15 is 0 Å². The maximum atomic E-state index is 7.56. The van der Waals surface area contributed by atoms with Crippen LogP contribution >= 0.6 is 0 Å². The first kappa shape index (κ1) is 65.5. The van der Waals surface area contributed by atoms with E-state index in [9.17, 15) is 0 Å². The molecule has 6 heterocycles. The molecule has 0 saturated heterocycles. The van der Waals surface area contributed by atoms with E-state index in [0.717, 1.165) is 157 Å². The third kappa shape index (κ3) is 10.0. The molecule has 4 aliphatic heterocycles. The molecule has 0 atom stereocenters. The number of para-hydroxylation sites is 7. The van der Waals surface area contributed by atoms with Crippen molar-refractivity contribution in [1.29, 1.82) is 0 Å². The molecule has 0 unspecified atom stereocenters. The minimum atomic E-state index is -0.310. The van der Waals surface area contributed by atoms with Crippen molar-refractivity contribution >= 4 is 158 Å². The summed E-state index contributed by atoms with van der Waals surface area (Å²) in [7, 11) is 0. The Bertz CT molecular complexity index is 6530. The Hall–Kier alpha value is -12.8. The first-order valence-electron chi connectivity index (χ1n) is 38.8. The summed E-state index contributed by atoms with van der Waals surface area (Å²) in [5.74, 6) is 0. The third-order valence-electron chi connectivity index (χ3n) is 23.9. The molecule has 15 aromatic carbocycles. The lowest BCUT2D eigenvalue weighted by atomic mass is 9.30. The molecule has 0 saturated carbocycles. The summed E-state index contributed by atoms with van der Waals surface area (Å²) in [5.41, 5.74) is 36.2. The lowest BCUT2D eigenvalue weighted by Crippen LogP contribution is -2.65. The van der Waals surface area contributed by atoms with Gasteiger partial charge in [0, 0.05) is 85.1 Å². The van der Waals surface area contributed by atoms with Crippen molar-refractivity contribution < 1.29 is 8.83 Å². The van der Waals surface area contributed by atoms with Gasteiger partial charge >= 0.3 is 0 Å². The molecule has 526 valence electrons. The molecular weight excluding hydrogens is 1330 g/mol. The van der Waals surface area contributed by atoms with E-state index in [1.165, 1.54) is 49.5 Å². The fourth-order valence-electron chi connectivity index (χ4n) is 18.6. The van der Waals surface area contributed by atoms with Crippen LogP contribution in [0.15, 0.2) is 330 Å².